The number of carbonyl (C=O) groups is 1. The van der Waals surface area contributed by atoms with Gasteiger partial charge in [-0.2, -0.15) is 4.31 Å². The number of rotatable bonds is 7. The second-order valence-electron chi connectivity index (χ2n) is 7.42. The van der Waals surface area contributed by atoms with Crippen molar-refractivity contribution >= 4 is 15.9 Å². The van der Waals surface area contributed by atoms with Crippen LogP contribution in [-0.2, 0) is 10.0 Å². The van der Waals surface area contributed by atoms with Gasteiger partial charge in [0, 0.05) is 38.3 Å². The molecule has 1 saturated heterocycles. The average Bonchev–Trinajstić information content (AvgIpc) is 2.65. The first-order valence-corrected chi connectivity index (χ1v) is 10.8. The topological polar surface area (TPSA) is 83.7 Å². The van der Waals surface area contributed by atoms with E-state index in [0.29, 0.717) is 37.5 Å². The van der Waals surface area contributed by atoms with Crippen LogP contribution in [-0.4, -0.2) is 56.3 Å². The van der Waals surface area contributed by atoms with Gasteiger partial charge in [-0.1, -0.05) is 26.3 Å². The average molecular weight is 382 g/mol. The molecule has 7 heteroatoms. The zero-order valence-corrected chi connectivity index (χ0v) is 16.8. The van der Waals surface area contributed by atoms with E-state index in [0.717, 1.165) is 19.3 Å². The smallest absolute Gasteiger partial charge is 0.253 e. The van der Waals surface area contributed by atoms with Crippen LogP contribution >= 0.6 is 0 Å². The fraction of sp³-hybridized carbons (Fsp3) is 0.632. The molecule has 1 fully saturated rings. The molecule has 2 rings (SSSR count). The third kappa shape index (κ3) is 5.05. The molecule has 0 radical (unpaired) electrons. The normalized spacial score (nSPS) is 17.3. The highest BCUT2D eigenvalue weighted by molar-refractivity contribution is 7.89. The maximum Gasteiger partial charge on any atom is 0.253 e. The highest BCUT2D eigenvalue weighted by Gasteiger charge is 2.26. The Hall–Kier alpha value is -1.44. The number of benzene rings is 1. The molecule has 1 aliphatic heterocycles. The SMILES string of the molecule is CC(C)C(N)CCN(C)C(=O)c1cccc(S(=O)(=O)N2CCCCC2)c1. The molecule has 26 heavy (non-hydrogen) atoms. The Bertz CT molecular complexity index is 712. The van der Waals surface area contributed by atoms with Gasteiger partial charge in [0.05, 0.1) is 4.90 Å². The molecule has 1 aliphatic rings. The predicted octanol–water partition coefficient (Wildman–Crippen LogP) is 2.31. The lowest BCUT2D eigenvalue weighted by Crippen LogP contribution is -2.36. The molecular weight excluding hydrogens is 350 g/mol. The van der Waals surface area contributed by atoms with Crippen molar-refractivity contribution in [2.45, 2.75) is 50.5 Å². The van der Waals surface area contributed by atoms with E-state index in [1.54, 1.807) is 30.1 Å². The van der Waals surface area contributed by atoms with E-state index in [4.69, 9.17) is 5.73 Å². The van der Waals surface area contributed by atoms with Crippen LogP contribution in [0.4, 0.5) is 0 Å². The molecule has 0 aromatic heterocycles. The van der Waals surface area contributed by atoms with Gasteiger partial charge in [-0.15, -0.1) is 0 Å². The zero-order valence-electron chi connectivity index (χ0n) is 16.0. The van der Waals surface area contributed by atoms with Gasteiger partial charge in [0.25, 0.3) is 5.91 Å². The maximum atomic E-state index is 12.8. The van der Waals surface area contributed by atoms with Crippen molar-refractivity contribution in [2.24, 2.45) is 11.7 Å². The highest BCUT2D eigenvalue weighted by atomic mass is 32.2. The summed E-state index contributed by atoms with van der Waals surface area (Å²) < 4.78 is 27.1. The first kappa shape index (κ1) is 20.9. The van der Waals surface area contributed by atoms with Crippen molar-refractivity contribution in [2.75, 3.05) is 26.7 Å². The van der Waals surface area contributed by atoms with E-state index in [1.165, 1.54) is 10.4 Å². The predicted molar refractivity (Wildman–Crippen MR) is 103 cm³/mol. The zero-order chi connectivity index (χ0) is 19.3. The first-order chi connectivity index (χ1) is 12.2. The number of nitrogens with zero attached hydrogens (tertiary/aromatic N) is 2. The Labute approximate surface area is 157 Å². The number of nitrogens with two attached hydrogens (primary N) is 1. The summed E-state index contributed by atoms with van der Waals surface area (Å²) in [5.41, 5.74) is 6.44. The molecule has 1 unspecified atom stereocenters. The molecule has 146 valence electrons. The lowest BCUT2D eigenvalue weighted by atomic mass is 10.0. The van der Waals surface area contributed by atoms with Crippen molar-refractivity contribution in [1.29, 1.82) is 0 Å². The summed E-state index contributed by atoms with van der Waals surface area (Å²) in [7, 11) is -1.81. The fourth-order valence-electron chi connectivity index (χ4n) is 3.04. The van der Waals surface area contributed by atoms with Crippen LogP contribution in [0.5, 0.6) is 0 Å². The number of amides is 1. The fourth-order valence-corrected chi connectivity index (χ4v) is 4.61. The number of piperidine rings is 1. The van der Waals surface area contributed by atoms with E-state index in [2.05, 4.69) is 13.8 Å². The van der Waals surface area contributed by atoms with Crippen molar-refractivity contribution in [3.8, 4) is 0 Å². The van der Waals surface area contributed by atoms with Crippen LogP contribution in [0, 0.1) is 5.92 Å². The summed E-state index contributed by atoms with van der Waals surface area (Å²) in [6.07, 6.45) is 3.55. The number of carbonyl (C=O) groups excluding carboxylic acids is 1. The highest BCUT2D eigenvalue weighted by Crippen LogP contribution is 2.21. The van der Waals surface area contributed by atoms with Crippen molar-refractivity contribution in [1.82, 2.24) is 9.21 Å². The lowest BCUT2D eigenvalue weighted by Gasteiger charge is -2.26. The van der Waals surface area contributed by atoms with Gasteiger partial charge in [0.15, 0.2) is 0 Å². The molecule has 1 atom stereocenters. The summed E-state index contributed by atoms with van der Waals surface area (Å²) in [6.45, 7) is 5.76. The molecule has 6 nitrogen and oxygen atoms in total. The van der Waals surface area contributed by atoms with Gasteiger partial charge >= 0.3 is 0 Å². The second kappa shape index (κ2) is 8.97. The molecule has 0 spiro atoms. The Morgan fingerprint density at radius 1 is 1.23 bits per heavy atom. The number of hydrogen-bond acceptors (Lipinski definition) is 4. The quantitative estimate of drug-likeness (QED) is 0.785. The molecule has 1 aromatic carbocycles. The van der Waals surface area contributed by atoms with Gasteiger partial charge in [0.1, 0.15) is 0 Å². The standard InChI is InChI=1S/C19H31N3O3S/c1-15(2)18(20)10-13-21(3)19(23)16-8-7-9-17(14-16)26(24,25)22-11-5-4-6-12-22/h7-9,14-15,18H,4-6,10-13,20H2,1-3H3. The van der Waals surface area contributed by atoms with Gasteiger partial charge in [0.2, 0.25) is 10.0 Å². The van der Waals surface area contributed by atoms with Gasteiger partial charge in [-0.25, -0.2) is 8.42 Å². The Morgan fingerprint density at radius 3 is 2.50 bits per heavy atom. The van der Waals surface area contributed by atoms with E-state index in [-0.39, 0.29) is 16.8 Å². The summed E-state index contributed by atoms with van der Waals surface area (Å²) in [5.74, 6) is 0.174. The van der Waals surface area contributed by atoms with Crippen LogP contribution in [0.2, 0.25) is 0 Å². The van der Waals surface area contributed by atoms with Crippen LogP contribution in [0.3, 0.4) is 0 Å². The minimum Gasteiger partial charge on any atom is -0.342 e. The minimum atomic E-state index is -3.54. The van der Waals surface area contributed by atoms with Crippen LogP contribution < -0.4 is 5.73 Å². The first-order valence-electron chi connectivity index (χ1n) is 9.34. The van der Waals surface area contributed by atoms with E-state index >= 15 is 0 Å². The van der Waals surface area contributed by atoms with Crippen LogP contribution in [0.15, 0.2) is 29.2 Å². The van der Waals surface area contributed by atoms with Gasteiger partial charge < -0.3 is 10.6 Å². The largest absolute Gasteiger partial charge is 0.342 e. The lowest BCUT2D eigenvalue weighted by molar-refractivity contribution is 0.0789. The molecular formula is C19H31N3O3S. The number of hydrogen-bond donors (Lipinski definition) is 1. The summed E-state index contributed by atoms with van der Waals surface area (Å²) in [5, 5.41) is 0. The summed E-state index contributed by atoms with van der Waals surface area (Å²) >= 11 is 0. The molecule has 0 saturated carbocycles. The van der Waals surface area contributed by atoms with E-state index in [1.807, 2.05) is 0 Å². The molecule has 0 bridgehead atoms. The van der Waals surface area contributed by atoms with Gasteiger partial charge in [-0.05, 0) is 43.4 Å². The third-order valence-corrected chi connectivity index (χ3v) is 6.93. The van der Waals surface area contributed by atoms with E-state index < -0.39 is 10.0 Å². The van der Waals surface area contributed by atoms with Crippen molar-refractivity contribution < 1.29 is 13.2 Å². The molecule has 1 heterocycles. The minimum absolute atomic E-state index is 0.0380. The maximum absolute atomic E-state index is 12.8. The summed E-state index contributed by atoms with van der Waals surface area (Å²) in [6, 6.07) is 6.39. The number of sulfonamides is 1. The van der Waals surface area contributed by atoms with Crippen molar-refractivity contribution in [3.63, 3.8) is 0 Å². The molecule has 0 aliphatic carbocycles. The molecule has 1 amide bonds. The van der Waals surface area contributed by atoms with E-state index in [9.17, 15) is 13.2 Å². The third-order valence-electron chi connectivity index (χ3n) is 5.03. The van der Waals surface area contributed by atoms with Crippen LogP contribution in [0.1, 0.15) is 49.9 Å². The molecule has 2 N–H and O–H groups in total. The second-order valence-corrected chi connectivity index (χ2v) is 9.35. The molecule has 1 aromatic rings. The van der Waals surface area contributed by atoms with Gasteiger partial charge in [-0.3, -0.25) is 4.79 Å². The van der Waals surface area contributed by atoms with Crippen LogP contribution in [0.25, 0.3) is 0 Å². The Kier molecular flexibility index (Phi) is 7.20. The van der Waals surface area contributed by atoms with Crippen molar-refractivity contribution in [3.05, 3.63) is 29.8 Å². The Balaban J connectivity index is 2.11. The monoisotopic (exact) mass is 381 g/mol. The summed E-state index contributed by atoms with van der Waals surface area (Å²) in [4.78, 5) is 14.5. The Morgan fingerprint density at radius 2 is 1.88 bits per heavy atom.